The maximum atomic E-state index is 11.2. The lowest BCUT2D eigenvalue weighted by atomic mass is 10.3. The molecule has 0 saturated carbocycles. The molecule has 0 radical (unpaired) electrons. The predicted molar refractivity (Wildman–Crippen MR) is 52.6 cm³/mol. The van der Waals surface area contributed by atoms with E-state index < -0.39 is 5.97 Å². The largest absolute Gasteiger partial charge is 0.492 e. The molecule has 0 unspecified atom stereocenters. The van der Waals surface area contributed by atoms with Crippen LogP contribution in [0.5, 0.6) is 11.8 Å². The van der Waals surface area contributed by atoms with Crippen LogP contribution in [0, 0.1) is 0 Å². The molecule has 0 aromatic carbocycles. The summed E-state index contributed by atoms with van der Waals surface area (Å²) < 4.78 is 0.607. The van der Waals surface area contributed by atoms with Gasteiger partial charge in [-0.05, 0) is 12.0 Å². The average molecular weight is 226 g/mol. The van der Waals surface area contributed by atoms with Gasteiger partial charge in [-0.2, -0.15) is 0 Å². The quantitative estimate of drug-likeness (QED) is 0.336. The molecule has 8 nitrogen and oxygen atoms in total. The van der Waals surface area contributed by atoms with Crippen LogP contribution in [0.2, 0.25) is 0 Å². The Balaban J connectivity index is 2.43. The minimum Gasteiger partial charge on any atom is -0.492 e. The monoisotopic (exact) mass is 226 g/mol. The zero-order chi connectivity index (χ0) is 12.0. The van der Waals surface area contributed by atoms with Gasteiger partial charge < -0.3 is 15.1 Å². The number of nitrogens with zero attached hydrogens (tertiary/aromatic N) is 4. The van der Waals surface area contributed by atoms with Crippen molar-refractivity contribution in [2.75, 3.05) is 6.54 Å². The van der Waals surface area contributed by atoms with Crippen molar-refractivity contribution >= 4 is 5.97 Å². The van der Waals surface area contributed by atoms with Crippen LogP contribution >= 0.6 is 0 Å². The summed E-state index contributed by atoms with van der Waals surface area (Å²) in [7, 11) is 0. The molecular weight excluding hydrogens is 216 g/mol. The zero-order valence-corrected chi connectivity index (χ0v) is 8.28. The highest BCUT2D eigenvalue weighted by Crippen LogP contribution is 2.18. The van der Waals surface area contributed by atoms with E-state index in [0.717, 1.165) is 0 Å². The first kappa shape index (κ1) is 11.7. The Morgan fingerprint density at radius 2 is 2.12 bits per heavy atom. The van der Waals surface area contributed by atoms with E-state index in [9.17, 15) is 4.79 Å². The Morgan fingerprint density at radius 3 is 2.69 bits per heavy atom. The van der Waals surface area contributed by atoms with Gasteiger partial charge in [-0.1, -0.05) is 5.11 Å². The van der Waals surface area contributed by atoms with E-state index in [1.165, 1.54) is 12.1 Å². The van der Waals surface area contributed by atoms with Crippen LogP contribution in [0.25, 0.3) is 10.4 Å². The fraction of sp³-hybridized carbons (Fsp3) is 0.375. The van der Waals surface area contributed by atoms with Crippen molar-refractivity contribution < 1.29 is 19.8 Å². The van der Waals surface area contributed by atoms with Gasteiger partial charge in [0.15, 0.2) is 0 Å². The highest BCUT2D eigenvalue weighted by Gasteiger charge is 2.11. The van der Waals surface area contributed by atoms with Crippen LogP contribution in [0.1, 0.15) is 12.8 Å². The summed E-state index contributed by atoms with van der Waals surface area (Å²) in [5.41, 5.74) is 7.98. The first-order valence-corrected chi connectivity index (χ1v) is 4.47. The Kier molecular flexibility index (Phi) is 4.05. The van der Waals surface area contributed by atoms with E-state index in [0.29, 0.717) is 11.2 Å². The molecule has 86 valence electrons. The van der Waals surface area contributed by atoms with Crippen molar-refractivity contribution in [3.63, 3.8) is 0 Å². The normalized spacial score (nSPS) is 9.50. The Hall–Kier alpha value is -2.34. The molecule has 0 spiro atoms. The predicted octanol–water partition coefficient (Wildman–Crippen LogP) is 0.945. The van der Waals surface area contributed by atoms with Crippen LogP contribution in [0.15, 0.2) is 17.2 Å². The molecule has 0 saturated heterocycles. The molecule has 0 aliphatic carbocycles. The second-order valence-electron chi connectivity index (χ2n) is 2.87. The molecule has 0 atom stereocenters. The fourth-order valence-electron chi connectivity index (χ4n) is 0.982. The van der Waals surface area contributed by atoms with Gasteiger partial charge >= 0.3 is 5.97 Å². The number of carbonyl (C=O) groups excluding carboxylic acids is 1. The third-order valence-corrected chi connectivity index (χ3v) is 1.69. The summed E-state index contributed by atoms with van der Waals surface area (Å²) in [5.74, 6) is -1.39. The lowest BCUT2D eigenvalue weighted by Crippen LogP contribution is -2.18. The fourth-order valence-corrected chi connectivity index (χ4v) is 0.982. The molecule has 0 fully saturated rings. The van der Waals surface area contributed by atoms with E-state index >= 15 is 0 Å². The maximum Gasteiger partial charge on any atom is 0.333 e. The lowest BCUT2D eigenvalue weighted by Gasteiger charge is -2.05. The third-order valence-electron chi connectivity index (χ3n) is 1.69. The van der Waals surface area contributed by atoms with E-state index in [1.807, 2.05) is 0 Å². The SMILES string of the molecule is [N-]=[N+]=NCCCC(=O)On1c(O)ccc1O. The summed E-state index contributed by atoms with van der Waals surface area (Å²) in [5, 5.41) is 21.5. The molecule has 0 amide bonds. The molecule has 0 aliphatic heterocycles. The summed E-state index contributed by atoms with van der Waals surface area (Å²) >= 11 is 0. The molecule has 1 aromatic heterocycles. The molecule has 1 rings (SSSR count). The number of carbonyl (C=O) groups is 1. The number of aromatic hydroxyl groups is 2. The van der Waals surface area contributed by atoms with Gasteiger partial charge in [0, 0.05) is 30.0 Å². The zero-order valence-electron chi connectivity index (χ0n) is 8.28. The van der Waals surface area contributed by atoms with Crippen molar-refractivity contribution in [2.24, 2.45) is 5.11 Å². The summed E-state index contributed by atoms with van der Waals surface area (Å²) in [6, 6.07) is 2.37. The minimum atomic E-state index is -0.644. The smallest absolute Gasteiger partial charge is 0.333 e. The lowest BCUT2D eigenvalue weighted by molar-refractivity contribution is -0.145. The van der Waals surface area contributed by atoms with Gasteiger partial charge in [-0.3, -0.25) is 0 Å². The van der Waals surface area contributed by atoms with Crippen LogP contribution in [0.3, 0.4) is 0 Å². The van der Waals surface area contributed by atoms with E-state index in [1.54, 1.807) is 0 Å². The van der Waals surface area contributed by atoms with Gasteiger partial charge in [-0.15, -0.1) is 4.73 Å². The Labute approximate surface area is 90.3 Å². The summed E-state index contributed by atoms with van der Waals surface area (Å²) in [4.78, 5) is 18.3. The third kappa shape index (κ3) is 3.10. The summed E-state index contributed by atoms with van der Waals surface area (Å²) in [6.45, 7) is 0.190. The van der Waals surface area contributed by atoms with Crippen molar-refractivity contribution in [3.8, 4) is 11.8 Å². The highest BCUT2D eigenvalue weighted by molar-refractivity contribution is 5.69. The minimum absolute atomic E-state index is 0.0239. The van der Waals surface area contributed by atoms with Crippen molar-refractivity contribution in [1.82, 2.24) is 4.73 Å². The molecule has 8 heteroatoms. The first-order chi connectivity index (χ1) is 7.65. The molecular formula is C8H10N4O4. The number of hydrogen-bond donors (Lipinski definition) is 2. The second kappa shape index (κ2) is 5.52. The Bertz CT molecular complexity index is 402. The summed E-state index contributed by atoms with van der Waals surface area (Å²) in [6.07, 6.45) is 0.363. The van der Waals surface area contributed by atoms with E-state index in [2.05, 4.69) is 14.9 Å². The first-order valence-electron chi connectivity index (χ1n) is 4.47. The topological polar surface area (TPSA) is 120 Å². The average Bonchev–Trinajstić information content (AvgIpc) is 2.56. The molecule has 1 aromatic rings. The van der Waals surface area contributed by atoms with Gasteiger partial charge in [-0.25, -0.2) is 4.79 Å². The number of rotatable bonds is 5. The van der Waals surface area contributed by atoms with Crippen molar-refractivity contribution in [1.29, 1.82) is 0 Å². The van der Waals surface area contributed by atoms with Crippen LogP contribution in [-0.2, 0) is 4.79 Å². The number of aromatic nitrogens is 1. The number of hydrogen-bond acceptors (Lipinski definition) is 5. The molecule has 16 heavy (non-hydrogen) atoms. The molecule has 2 N–H and O–H groups in total. The van der Waals surface area contributed by atoms with Crippen LogP contribution in [0.4, 0.5) is 0 Å². The van der Waals surface area contributed by atoms with Gasteiger partial charge in [0.2, 0.25) is 11.8 Å². The standard InChI is InChI=1S/C8H10N4O4/c9-11-10-5-1-2-8(15)16-12-6(13)3-4-7(12)14/h3-4,13-14H,1-2,5H2. The van der Waals surface area contributed by atoms with Crippen LogP contribution < -0.4 is 4.84 Å². The van der Waals surface area contributed by atoms with Crippen LogP contribution in [-0.4, -0.2) is 27.5 Å². The number of azide groups is 1. The van der Waals surface area contributed by atoms with Gasteiger partial charge in [0.1, 0.15) is 0 Å². The van der Waals surface area contributed by atoms with Crippen molar-refractivity contribution in [2.45, 2.75) is 12.8 Å². The maximum absolute atomic E-state index is 11.2. The Morgan fingerprint density at radius 1 is 1.50 bits per heavy atom. The van der Waals surface area contributed by atoms with E-state index in [4.69, 9.17) is 15.7 Å². The molecule has 0 bridgehead atoms. The highest BCUT2D eigenvalue weighted by atomic mass is 16.7. The second-order valence-corrected chi connectivity index (χ2v) is 2.87. The van der Waals surface area contributed by atoms with Crippen molar-refractivity contribution in [3.05, 3.63) is 22.6 Å². The molecule has 0 aliphatic rings. The van der Waals surface area contributed by atoms with E-state index in [-0.39, 0.29) is 24.7 Å². The molecule has 1 heterocycles. The van der Waals surface area contributed by atoms with Gasteiger partial charge in [0.05, 0.1) is 0 Å². The van der Waals surface area contributed by atoms with Gasteiger partial charge in [0.25, 0.3) is 0 Å².